The molecule has 1 aliphatic carbocycles. The molecule has 0 spiro atoms. The summed E-state index contributed by atoms with van der Waals surface area (Å²) >= 11 is 6.39. The lowest BCUT2D eigenvalue weighted by molar-refractivity contribution is 0.280. The largest absolute Gasteiger partial charge is 0.405 e. The van der Waals surface area contributed by atoms with Gasteiger partial charge in [0, 0.05) is 24.0 Å². The van der Waals surface area contributed by atoms with E-state index in [4.69, 9.17) is 17.3 Å². The first kappa shape index (κ1) is 27.9. The molecule has 4 nitrogen and oxygen atoms in total. The van der Waals surface area contributed by atoms with Crippen LogP contribution in [0.25, 0.3) is 6.08 Å². The van der Waals surface area contributed by atoms with E-state index in [1.54, 1.807) is 6.08 Å². The van der Waals surface area contributed by atoms with Crippen molar-refractivity contribution < 1.29 is 0 Å². The fraction of sp³-hybridized carbons (Fsp3) is 0.483. The number of hydrogen-bond donors (Lipinski definition) is 2. The number of nitrogens with zero attached hydrogens (tertiary/aromatic N) is 2. The van der Waals surface area contributed by atoms with Gasteiger partial charge in [-0.05, 0) is 105 Å². The highest BCUT2D eigenvalue weighted by Crippen LogP contribution is 2.46. The van der Waals surface area contributed by atoms with Crippen molar-refractivity contribution >= 4 is 17.7 Å². The predicted molar refractivity (Wildman–Crippen MR) is 148 cm³/mol. The van der Waals surface area contributed by atoms with Crippen molar-refractivity contribution in [2.45, 2.75) is 66.3 Å². The van der Waals surface area contributed by atoms with Gasteiger partial charge in [0.2, 0.25) is 0 Å². The maximum Gasteiger partial charge on any atom is 0.105 e. The van der Waals surface area contributed by atoms with Crippen LogP contribution >= 0.6 is 11.6 Å². The molecule has 2 aromatic rings. The molecule has 5 heteroatoms. The van der Waals surface area contributed by atoms with E-state index in [2.05, 4.69) is 65.8 Å². The van der Waals surface area contributed by atoms with Gasteiger partial charge in [0.05, 0.1) is 0 Å². The van der Waals surface area contributed by atoms with Crippen molar-refractivity contribution in [1.29, 1.82) is 0 Å². The molecule has 0 saturated carbocycles. The Hall–Kier alpha value is -2.30. The summed E-state index contributed by atoms with van der Waals surface area (Å²) in [6.07, 6.45) is 13.0. The number of fused-ring (bicyclic) bond motifs is 1. The number of halogens is 1. The number of aromatic nitrogens is 2. The normalized spacial score (nSPS) is 20.4. The van der Waals surface area contributed by atoms with Crippen LogP contribution in [0.1, 0.15) is 69.8 Å². The number of piperidine rings is 1. The Morgan fingerprint density at radius 3 is 2.53 bits per heavy atom. The zero-order valence-electron chi connectivity index (χ0n) is 21.7. The zero-order valence-corrected chi connectivity index (χ0v) is 22.4. The lowest BCUT2D eigenvalue weighted by Gasteiger charge is -2.36. The summed E-state index contributed by atoms with van der Waals surface area (Å²) in [5.74, 6) is 2.69. The van der Waals surface area contributed by atoms with Gasteiger partial charge in [-0.3, -0.25) is 0 Å². The minimum absolute atomic E-state index is 0.431. The number of allylic oxidation sites excluding steroid dienone is 3. The monoisotopic (exact) mass is 482 g/mol. The van der Waals surface area contributed by atoms with Crippen LogP contribution in [0.15, 0.2) is 60.6 Å². The van der Waals surface area contributed by atoms with Gasteiger partial charge < -0.3 is 15.6 Å². The number of nitrogens with two attached hydrogens (primary N) is 1. The van der Waals surface area contributed by atoms with Gasteiger partial charge in [-0.15, -0.1) is 0 Å². The first-order chi connectivity index (χ1) is 16.5. The number of rotatable bonds is 4. The Bertz CT molecular complexity index is 962. The number of hydrogen-bond acceptors (Lipinski definition) is 3. The Labute approximate surface area is 212 Å². The van der Waals surface area contributed by atoms with E-state index in [0.29, 0.717) is 17.8 Å². The lowest BCUT2D eigenvalue weighted by Crippen LogP contribution is -2.33. The second kappa shape index (κ2) is 14.2. The summed E-state index contributed by atoms with van der Waals surface area (Å²) in [5, 5.41) is 4.32. The van der Waals surface area contributed by atoms with Gasteiger partial charge in [-0.1, -0.05) is 57.2 Å². The van der Waals surface area contributed by atoms with E-state index in [-0.39, 0.29) is 0 Å². The average molecular weight is 483 g/mol. The second-order valence-corrected chi connectivity index (χ2v) is 9.25. The topological polar surface area (TPSA) is 55.9 Å². The van der Waals surface area contributed by atoms with Gasteiger partial charge in [0.1, 0.15) is 5.82 Å². The standard InChI is InChI=1S/C24H30ClN3.C3H7N.C2H6/c1-16-17(2)24(19-6-9-26-10-7-19)23-5-4-22(25)15-21(23)14-20(16)8-12-28-13-11-27-18(28)3;1-2-3-4;1-2/h4-5,11,13-15,17,19,24,26H,1,6-10,12H2,2-3H3;2-3H,4H2,1H3;1-2H3/b;3-2-;. The smallest absolute Gasteiger partial charge is 0.105 e. The maximum atomic E-state index is 6.39. The molecule has 2 unspecified atom stereocenters. The van der Waals surface area contributed by atoms with Crippen molar-refractivity contribution in [3.63, 3.8) is 0 Å². The maximum absolute atomic E-state index is 6.39. The molecule has 186 valence electrons. The van der Waals surface area contributed by atoms with Gasteiger partial charge in [0.25, 0.3) is 0 Å². The van der Waals surface area contributed by atoms with E-state index < -0.39 is 0 Å². The van der Waals surface area contributed by atoms with E-state index in [1.807, 2.05) is 27.0 Å². The van der Waals surface area contributed by atoms with Crippen LogP contribution in [0.2, 0.25) is 5.02 Å². The summed E-state index contributed by atoms with van der Waals surface area (Å²) in [5.41, 5.74) is 10.2. The van der Waals surface area contributed by atoms with Gasteiger partial charge >= 0.3 is 0 Å². The molecule has 1 saturated heterocycles. The second-order valence-electron chi connectivity index (χ2n) is 8.81. The van der Waals surface area contributed by atoms with Crippen LogP contribution in [-0.2, 0) is 6.54 Å². The molecule has 4 rings (SSSR count). The first-order valence-electron chi connectivity index (χ1n) is 12.7. The average Bonchev–Trinajstić information content (AvgIpc) is 3.25. The Morgan fingerprint density at radius 2 is 1.94 bits per heavy atom. The highest BCUT2D eigenvalue weighted by Gasteiger charge is 2.34. The van der Waals surface area contributed by atoms with Crippen molar-refractivity contribution in [3.8, 4) is 0 Å². The molecule has 0 bridgehead atoms. The molecule has 0 amide bonds. The summed E-state index contributed by atoms with van der Waals surface area (Å²) in [4.78, 5) is 4.35. The molecular formula is C29H43ClN4. The minimum atomic E-state index is 0.431. The van der Waals surface area contributed by atoms with Crippen molar-refractivity contribution in [2.24, 2.45) is 17.6 Å². The summed E-state index contributed by atoms with van der Waals surface area (Å²) < 4.78 is 2.22. The molecule has 1 aliphatic heterocycles. The van der Waals surface area contributed by atoms with E-state index >= 15 is 0 Å². The Kier molecular flexibility index (Phi) is 11.7. The van der Waals surface area contributed by atoms with E-state index in [1.165, 1.54) is 41.3 Å². The lowest BCUT2D eigenvalue weighted by atomic mass is 9.71. The number of benzene rings is 1. The fourth-order valence-corrected chi connectivity index (χ4v) is 5.19. The van der Waals surface area contributed by atoms with Crippen molar-refractivity contribution in [1.82, 2.24) is 14.9 Å². The number of nitrogens with one attached hydrogen (secondary N) is 1. The Balaban J connectivity index is 0.000000618. The molecule has 0 radical (unpaired) electrons. The third-order valence-electron chi connectivity index (χ3n) is 6.87. The van der Waals surface area contributed by atoms with Crippen molar-refractivity contribution in [3.05, 3.63) is 82.6 Å². The number of imidazole rings is 1. The van der Waals surface area contributed by atoms with E-state index in [0.717, 1.165) is 36.9 Å². The molecular weight excluding hydrogens is 440 g/mol. The van der Waals surface area contributed by atoms with E-state index in [9.17, 15) is 0 Å². The van der Waals surface area contributed by atoms with Crippen LogP contribution in [0.5, 0.6) is 0 Å². The minimum Gasteiger partial charge on any atom is -0.405 e. The highest BCUT2D eigenvalue weighted by molar-refractivity contribution is 6.30. The summed E-state index contributed by atoms with van der Waals surface area (Å²) in [6.45, 7) is 18.0. The van der Waals surface area contributed by atoms with Crippen molar-refractivity contribution in [2.75, 3.05) is 13.1 Å². The quantitative estimate of drug-likeness (QED) is 0.488. The first-order valence-corrected chi connectivity index (χ1v) is 13.0. The van der Waals surface area contributed by atoms with Crippen LogP contribution in [0, 0.1) is 18.8 Å². The molecule has 3 N–H and O–H groups in total. The van der Waals surface area contributed by atoms with Crippen LogP contribution in [-0.4, -0.2) is 22.6 Å². The molecule has 2 heterocycles. The van der Waals surface area contributed by atoms with Gasteiger partial charge in [-0.25, -0.2) is 4.98 Å². The van der Waals surface area contributed by atoms with Crippen LogP contribution in [0.3, 0.4) is 0 Å². The fourth-order valence-electron chi connectivity index (χ4n) is 5.01. The molecule has 1 fully saturated rings. The summed E-state index contributed by atoms with van der Waals surface area (Å²) in [7, 11) is 0. The van der Waals surface area contributed by atoms with Gasteiger partial charge in [0.15, 0.2) is 0 Å². The number of aryl methyl sites for hydroxylation is 2. The van der Waals surface area contributed by atoms with Crippen LogP contribution in [0.4, 0.5) is 0 Å². The Morgan fingerprint density at radius 1 is 1.26 bits per heavy atom. The van der Waals surface area contributed by atoms with Gasteiger partial charge in [-0.2, -0.15) is 0 Å². The third kappa shape index (κ3) is 7.10. The molecule has 1 aromatic carbocycles. The molecule has 2 aliphatic rings. The molecule has 1 aromatic heterocycles. The zero-order chi connectivity index (χ0) is 25.1. The highest BCUT2D eigenvalue weighted by atomic mass is 35.5. The SMILES string of the molecule is C/C=C\N.C=C1C(CCn2ccnc2C)=Cc2cc(Cl)ccc2C(C2CCNCC2)C1C.CC. The third-order valence-corrected chi connectivity index (χ3v) is 7.10. The molecule has 2 atom stereocenters. The van der Waals surface area contributed by atoms with Crippen LogP contribution < -0.4 is 11.1 Å². The predicted octanol–water partition coefficient (Wildman–Crippen LogP) is 7.11. The molecule has 34 heavy (non-hydrogen) atoms. The summed E-state index contributed by atoms with van der Waals surface area (Å²) in [6, 6.07) is 6.45.